The van der Waals surface area contributed by atoms with Crippen molar-refractivity contribution >= 4 is 5.82 Å². The molecule has 3 rings (SSSR count). The first-order valence-electron chi connectivity index (χ1n) is 8.81. The maximum absolute atomic E-state index is 12.5. The number of hydrogen-bond acceptors (Lipinski definition) is 4. The normalized spacial score (nSPS) is 11.0. The third kappa shape index (κ3) is 3.14. The molecule has 0 saturated heterocycles. The van der Waals surface area contributed by atoms with Crippen molar-refractivity contribution in [2.75, 3.05) is 11.9 Å². The van der Waals surface area contributed by atoms with E-state index >= 15 is 0 Å². The zero-order chi connectivity index (χ0) is 18.8. The molecule has 0 amide bonds. The van der Waals surface area contributed by atoms with Crippen LogP contribution in [0.15, 0.2) is 41.5 Å². The molecular weight excluding hydrogens is 326 g/mol. The van der Waals surface area contributed by atoms with Gasteiger partial charge in [-0.1, -0.05) is 18.2 Å². The Morgan fingerprint density at radius 1 is 1.15 bits per heavy atom. The monoisotopic (exact) mass is 351 g/mol. The summed E-state index contributed by atoms with van der Waals surface area (Å²) in [6.07, 6.45) is 3.39. The number of aromatic nitrogens is 4. The smallest absolute Gasteiger partial charge is 0.293 e. The first kappa shape index (κ1) is 17.9. The van der Waals surface area contributed by atoms with Crippen LogP contribution in [0.2, 0.25) is 0 Å². The van der Waals surface area contributed by atoms with Crippen molar-refractivity contribution < 1.29 is 0 Å². The highest BCUT2D eigenvalue weighted by Crippen LogP contribution is 2.22. The molecule has 0 atom stereocenters. The lowest BCUT2D eigenvalue weighted by molar-refractivity contribution is 0.707. The molecular formula is C20H25N5O. The van der Waals surface area contributed by atoms with Crippen LogP contribution >= 0.6 is 0 Å². The Hall–Kier alpha value is -2.89. The highest BCUT2D eigenvalue weighted by Gasteiger charge is 2.17. The molecule has 136 valence electrons. The van der Waals surface area contributed by atoms with Crippen LogP contribution in [0, 0.1) is 20.8 Å². The molecule has 26 heavy (non-hydrogen) atoms. The van der Waals surface area contributed by atoms with Crippen LogP contribution < -0.4 is 10.5 Å². The summed E-state index contributed by atoms with van der Waals surface area (Å²) in [7, 11) is 1.90. The fourth-order valence-electron chi connectivity index (χ4n) is 3.20. The van der Waals surface area contributed by atoms with Gasteiger partial charge in [-0.05, 0) is 39.3 Å². The van der Waals surface area contributed by atoms with Crippen molar-refractivity contribution in [3.63, 3.8) is 0 Å². The van der Waals surface area contributed by atoms with Gasteiger partial charge in [-0.2, -0.15) is 5.10 Å². The lowest BCUT2D eigenvalue weighted by Crippen LogP contribution is -2.30. The number of nitrogens with zero attached hydrogens (tertiary/aromatic N) is 5. The predicted molar refractivity (Wildman–Crippen MR) is 104 cm³/mol. The van der Waals surface area contributed by atoms with Gasteiger partial charge in [0, 0.05) is 43.8 Å². The van der Waals surface area contributed by atoms with Crippen LogP contribution in [-0.2, 0) is 13.1 Å². The third-order valence-corrected chi connectivity index (χ3v) is 4.78. The number of rotatable bonds is 5. The van der Waals surface area contributed by atoms with Crippen LogP contribution in [-0.4, -0.2) is 26.4 Å². The zero-order valence-corrected chi connectivity index (χ0v) is 16.0. The Bertz CT molecular complexity index is 986. The van der Waals surface area contributed by atoms with Gasteiger partial charge in [0.15, 0.2) is 5.82 Å². The number of benzene rings is 1. The van der Waals surface area contributed by atoms with Gasteiger partial charge >= 0.3 is 0 Å². The third-order valence-electron chi connectivity index (χ3n) is 4.78. The van der Waals surface area contributed by atoms with Gasteiger partial charge in [0.05, 0.1) is 11.4 Å². The topological polar surface area (TPSA) is 56.0 Å². The molecule has 1 aromatic carbocycles. The first-order valence-corrected chi connectivity index (χ1v) is 8.81. The van der Waals surface area contributed by atoms with Crippen LogP contribution in [0.3, 0.4) is 0 Å². The van der Waals surface area contributed by atoms with Gasteiger partial charge < -0.3 is 9.47 Å². The molecule has 3 aromatic rings. The zero-order valence-electron chi connectivity index (χ0n) is 16.0. The molecule has 0 saturated carbocycles. The van der Waals surface area contributed by atoms with Crippen molar-refractivity contribution in [2.45, 2.75) is 40.8 Å². The Labute approximate surface area is 153 Å². The van der Waals surface area contributed by atoms with Crippen molar-refractivity contribution in [1.82, 2.24) is 19.3 Å². The Balaban J connectivity index is 1.97. The van der Waals surface area contributed by atoms with Gasteiger partial charge in [0.25, 0.3) is 5.56 Å². The Kier molecular flexibility index (Phi) is 4.93. The number of anilines is 1. The fourth-order valence-corrected chi connectivity index (χ4v) is 3.20. The van der Waals surface area contributed by atoms with E-state index in [-0.39, 0.29) is 5.56 Å². The van der Waals surface area contributed by atoms with Crippen LogP contribution in [0.4, 0.5) is 5.82 Å². The van der Waals surface area contributed by atoms with Crippen LogP contribution in [0.5, 0.6) is 0 Å². The number of aryl methyl sites for hydroxylation is 3. The van der Waals surface area contributed by atoms with E-state index in [1.165, 1.54) is 5.56 Å². The highest BCUT2D eigenvalue weighted by atomic mass is 16.1. The van der Waals surface area contributed by atoms with E-state index in [0.29, 0.717) is 18.9 Å². The molecule has 0 bridgehead atoms. The van der Waals surface area contributed by atoms with E-state index in [1.54, 1.807) is 17.0 Å². The maximum Gasteiger partial charge on any atom is 0.293 e. The summed E-state index contributed by atoms with van der Waals surface area (Å²) in [5.74, 6) is 0.455. The Morgan fingerprint density at radius 2 is 1.88 bits per heavy atom. The molecule has 0 fully saturated rings. The van der Waals surface area contributed by atoms with E-state index in [0.717, 1.165) is 22.6 Å². The molecule has 2 aromatic heterocycles. The number of hydrogen-bond donors (Lipinski definition) is 0. The molecule has 0 radical (unpaired) electrons. The molecule has 0 N–H and O–H groups in total. The van der Waals surface area contributed by atoms with E-state index in [4.69, 9.17) is 5.10 Å². The summed E-state index contributed by atoms with van der Waals surface area (Å²) < 4.78 is 3.64. The fraction of sp³-hybridized carbons (Fsp3) is 0.350. The summed E-state index contributed by atoms with van der Waals surface area (Å²) >= 11 is 0. The van der Waals surface area contributed by atoms with Gasteiger partial charge in [-0.3, -0.25) is 4.79 Å². The predicted octanol–water partition coefficient (Wildman–Crippen LogP) is 3.01. The van der Waals surface area contributed by atoms with Gasteiger partial charge in [-0.25, -0.2) is 9.67 Å². The van der Waals surface area contributed by atoms with Crippen LogP contribution in [0.25, 0.3) is 5.69 Å². The van der Waals surface area contributed by atoms with Crippen molar-refractivity contribution in [3.05, 3.63) is 69.5 Å². The maximum atomic E-state index is 12.5. The summed E-state index contributed by atoms with van der Waals surface area (Å²) in [6.45, 7) is 9.32. The molecule has 0 aliphatic carbocycles. The molecule has 0 spiro atoms. The van der Waals surface area contributed by atoms with Crippen molar-refractivity contribution in [2.24, 2.45) is 0 Å². The minimum atomic E-state index is -0.0703. The molecule has 2 heterocycles. The van der Waals surface area contributed by atoms with Gasteiger partial charge in [0.1, 0.15) is 0 Å². The standard InChI is InChI=1S/C20H25N5O/c1-6-24-12-11-21-19(20(24)26)23(5)13-17-15(3)22-25(16(17)4)18-10-8-7-9-14(18)2/h7-12H,6,13H2,1-5H3. The van der Waals surface area contributed by atoms with E-state index in [1.807, 2.05) is 42.6 Å². The minimum absolute atomic E-state index is 0.0703. The highest BCUT2D eigenvalue weighted by molar-refractivity contribution is 5.44. The summed E-state index contributed by atoms with van der Waals surface area (Å²) in [5, 5.41) is 4.73. The summed E-state index contributed by atoms with van der Waals surface area (Å²) in [6, 6.07) is 8.20. The van der Waals surface area contributed by atoms with Gasteiger partial charge in [0.2, 0.25) is 0 Å². The number of para-hydroxylation sites is 1. The minimum Gasteiger partial charge on any atom is -0.351 e. The summed E-state index contributed by atoms with van der Waals surface area (Å²) in [5.41, 5.74) is 5.34. The average molecular weight is 351 g/mol. The Morgan fingerprint density at radius 3 is 2.58 bits per heavy atom. The molecule has 0 aliphatic heterocycles. The SMILES string of the molecule is CCn1ccnc(N(C)Cc2c(C)nn(-c3ccccc3C)c2C)c1=O. The second-order valence-corrected chi connectivity index (χ2v) is 6.55. The second-order valence-electron chi connectivity index (χ2n) is 6.55. The van der Waals surface area contributed by atoms with Crippen LogP contribution in [0.1, 0.15) is 29.4 Å². The first-order chi connectivity index (χ1) is 12.4. The lowest BCUT2D eigenvalue weighted by atomic mass is 10.1. The average Bonchev–Trinajstić information content (AvgIpc) is 2.90. The second kappa shape index (κ2) is 7.15. The van der Waals surface area contributed by atoms with Crippen molar-refractivity contribution in [1.29, 1.82) is 0 Å². The molecule has 0 unspecified atom stereocenters. The van der Waals surface area contributed by atoms with E-state index < -0.39 is 0 Å². The molecule has 6 nitrogen and oxygen atoms in total. The molecule has 6 heteroatoms. The summed E-state index contributed by atoms with van der Waals surface area (Å²) in [4.78, 5) is 18.7. The van der Waals surface area contributed by atoms with Gasteiger partial charge in [-0.15, -0.1) is 0 Å². The van der Waals surface area contributed by atoms with E-state index in [9.17, 15) is 4.79 Å². The largest absolute Gasteiger partial charge is 0.351 e. The van der Waals surface area contributed by atoms with E-state index in [2.05, 4.69) is 31.0 Å². The molecule has 0 aliphatic rings. The quantitative estimate of drug-likeness (QED) is 0.709. The van der Waals surface area contributed by atoms with Crippen molar-refractivity contribution in [3.8, 4) is 5.69 Å². The lowest BCUT2D eigenvalue weighted by Gasteiger charge is -2.18.